The molecule has 31 heavy (non-hydrogen) atoms. The third-order valence-electron chi connectivity index (χ3n) is 6.90. The lowest BCUT2D eigenvalue weighted by atomic mass is 9.71. The van der Waals surface area contributed by atoms with Crippen LogP contribution in [0.5, 0.6) is 0 Å². The molecule has 1 aromatic heterocycles. The number of nitrogens with zero attached hydrogens (tertiary/aromatic N) is 1. The number of benzene rings is 2. The van der Waals surface area contributed by atoms with Crippen molar-refractivity contribution in [1.82, 2.24) is 9.88 Å². The van der Waals surface area contributed by atoms with Crippen LogP contribution < -0.4 is 5.32 Å². The Morgan fingerprint density at radius 1 is 1.19 bits per heavy atom. The Morgan fingerprint density at radius 3 is 2.81 bits per heavy atom. The van der Waals surface area contributed by atoms with Crippen molar-refractivity contribution in [2.45, 2.75) is 37.1 Å². The lowest BCUT2D eigenvalue weighted by Crippen LogP contribution is -2.60. The van der Waals surface area contributed by atoms with Crippen molar-refractivity contribution in [2.24, 2.45) is 0 Å². The number of amides is 2. The van der Waals surface area contributed by atoms with Gasteiger partial charge >= 0.3 is 0 Å². The van der Waals surface area contributed by atoms with Gasteiger partial charge in [-0.3, -0.25) is 9.59 Å². The van der Waals surface area contributed by atoms with Gasteiger partial charge in [-0.25, -0.2) is 0 Å². The molecule has 1 aliphatic carbocycles. The summed E-state index contributed by atoms with van der Waals surface area (Å²) in [5, 5.41) is 4.25. The first-order chi connectivity index (χ1) is 15.1. The van der Waals surface area contributed by atoms with Crippen LogP contribution in [0.1, 0.15) is 47.5 Å². The summed E-state index contributed by atoms with van der Waals surface area (Å²) in [6.07, 6.45) is 5.56. The summed E-state index contributed by atoms with van der Waals surface area (Å²) in [5.74, 6) is -0.471. The fourth-order valence-electron chi connectivity index (χ4n) is 5.51. The molecule has 6 heteroatoms. The Hall–Kier alpha value is -3.12. The van der Waals surface area contributed by atoms with Gasteiger partial charge in [-0.15, -0.1) is 0 Å². The number of H-pyrrole nitrogens is 1. The number of carbonyl (C=O) groups is 2. The lowest BCUT2D eigenvalue weighted by Gasteiger charge is -2.50. The molecule has 2 N–H and O–H groups in total. The summed E-state index contributed by atoms with van der Waals surface area (Å²) in [6, 6.07) is 15.5. The van der Waals surface area contributed by atoms with Gasteiger partial charge in [0.2, 0.25) is 5.91 Å². The molecule has 5 rings (SSSR count). The van der Waals surface area contributed by atoms with E-state index in [-0.39, 0.29) is 11.8 Å². The van der Waals surface area contributed by atoms with Gasteiger partial charge in [0, 0.05) is 36.6 Å². The van der Waals surface area contributed by atoms with Gasteiger partial charge in [-0.1, -0.05) is 37.1 Å². The Balaban J connectivity index is 1.57. The minimum Gasteiger partial charge on any atom is -0.383 e. The maximum absolute atomic E-state index is 13.8. The highest BCUT2D eigenvalue weighted by atomic mass is 16.5. The molecule has 2 amide bonds. The molecule has 2 aliphatic rings. The average molecular weight is 418 g/mol. The largest absolute Gasteiger partial charge is 0.383 e. The number of aromatic nitrogens is 1. The highest BCUT2D eigenvalue weighted by Crippen LogP contribution is 2.50. The van der Waals surface area contributed by atoms with E-state index in [4.69, 9.17) is 4.74 Å². The number of hydrogen-bond donors (Lipinski definition) is 2. The van der Waals surface area contributed by atoms with E-state index in [1.54, 1.807) is 7.11 Å². The summed E-state index contributed by atoms with van der Waals surface area (Å²) in [4.78, 5) is 32.4. The third-order valence-corrected chi connectivity index (χ3v) is 6.90. The second-order valence-electron chi connectivity index (χ2n) is 8.55. The second kappa shape index (κ2) is 7.85. The molecule has 1 saturated carbocycles. The number of anilines is 1. The van der Waals surface area contributed by atoms with E-state index in [1.807, 2.05) is 59.6 Å². The standard InChI is InChI=1S/C25H27N3O3/c1-31-15-14-28-24(30)20-7-3-2-6-19(20)22(25(28)11-4-5-12-25)23(29)27-18-9-8-17-10-13-26-21(17)16-18/h2-3,6-10,13,16,22,26H,4-5,11-12,14-15H2,1H3,(H,27,29). The van der Waals surface area contributed by atoms with Gasteiger partial charge in [-0.05, 0) is 48.1 Å². The number of fused-ring (bicyclic) bond motifs is 2. The average Bonchev–Trinajstić information content (AvgIpc) is 3.44. The quantitative estimate of drug-likeness (QED) is 0.650. The topological polar surface area (TPSA) is 74.4 Å². The first-order valence-corrected chi connectivity index (χ1v) is 10.9. The monoisotopic (exact) mass is 417 g/mol. The van der Waals surface area contributed by atoms with Gasteiger partial charge in [0.15, 0.2) is 0 Å². The van der Waals surface area contributed by atoms with E-state index in [9.17, 15) is 9.59 Å². The van der Waals surface area contributed by atoms with Crippen LogP contribution in [-0.2, 0) is 9.53 Å². The normalized spacial score (nSPS) is 19.7. The van der Waals surface area contributed by atoms with Crippen LogP contribution in [0.3, 0.4) is 0 Å². The van der Waals surface area contributed by atoms with Crippen LogP contribution in [0.2, 0.25) is 0 Å². The van der Waals surface area contributed by atoms with Gasteiger partial charge in [0.25, 0.3) is 5.91 Å². The molecular formula is C25H27N3O3. The van der Waals surface area contributed by atoms with Crippen molar-refractivity contribution in [1.29, 1.82) is 0 Å². The molecule has 6 nitrogen and oxygen atoms in total. The number of hydrogen-bond acceptors (Lipinski definition) is 3. The van der Waals surface area contributed by atoms with Crippen LogP contribution in [0.15, 0.2) is 54.7 Å². The van der Waals surface area contributed by atoms with Crippen molar-refractivity contribution < 1.29 is 14.3 Å². The summed E-state index contributed by atoms with van der Waals surface area (Å²) in [5.41, 5.74) is 2.68. The number of aromatic amines is 1. The zero-order valence-electron chi connectivity index (χ0n) is 17.7. The summed E-state index contributed by atoms with van der Waals surface area (Å²) in [6.45, 7) is 0.940. The van der Waals surface area contributed by atoms with Crippen LogP contribution in [-0.4, -0.2) is 47.5 Å². The second-order valence-corrected chi connectivity index (χ2v) is 8.55. The summed E-state index contributed by atoms with van der Waals surface area (Å²) >= 11 is 0. The fourth-order valence-corrected chi connectivity index (χ4v) is 5.51. The molecule has 160 valence electrons. The van der Waals surface area contributed by atoms with E-state index in [1.165, 1.54) is 0 Å². The van der Waals surface area contributed by atoms with Gasteiger partial charge in [-0.2, -0.15) is 0 Å². The molecular weight excluding hydrogens is 390 g/mol. The molecule has 1 fully saturated rings. The van der Waals surface area contributed by atoms with E-state index >= 15 is 0 Å². The molecule has 1 spiro atoms. The van der Waals surface area contributed by atoms with Crippen LogP contribution in [0.4, 0.5) is 5.69 Å². The smallest absolute Gasteiger partial charge is 0.254 e. The molecule has 0 radical (unpaired) electrons. The molecule has 0 bridgehead atoms. The Bertz CT molecular complexity index is 1130. The Morgan fingerprint density at radius 2 is 2.00 bits per heavy atom. The number of carbonyl (C=O) groups excluding carboxylic acids is 2. The van der Waals surface area contributed by atoms with Gasteiger partial charge in [0.05, 0.1) is 18.1 Å². The predicted molar refractivity (Wildman–Crippen MR) is 120 cm³/mol. The van der Waals surface area contributed by atoms with E-state index in [0.29, 0.717) is 18.7 Å². The highest BCUT2D eigenvalue weighted by molar-refractivity contribution is 6.05. The maximum atomic E-state index is 13.8. The van der Waals surface area contributed by atoms with Crippen LogP contribution in [0.25, 0.3) is 10.9 Å². The molecule has 2 aromatic carbocycles. The summed E-state index contributed by atoms with van der Waals surface area (Å²) in [7, 11) is 1.64. The lowest BCUT2D eigenvalue weighted by molar-refractivity contribution is -0.121. The molecule has 0 saturated heterocycles. The van der Waals surface area contributed by atoms with E-state index < -0.39 is 11.5 Å². The minimum absolute atomic E-state index is 0.00593. The van der Waals surface area contributed by atoms with Crippen molar-refractivity contribution >= 4 is 28.4 Å². The SMILES string of the molecule is COCCN1C(=O)c2ccccc2C(C(=O)Nc2ccc3cc[nH]c3c2)C12CCCC2. The zero-order valence-corrected chi connectivity index (χ0v) is 17.7. The number of nitrogens with one attached hydrogen (secondary N) is 2. The van der Waals surface area contributed by atoms with Gasteiger partial charge < -0.3 is 19.9 Å². The molecule has 1 unspecified atom stereocenters. The molecule has 2 heterocycles. The van der Waals surface area contributed by atoms with Crippen molar-refractivity contribution in [3.8, 4) is 0 Å². The Kier molecular flexibility index (Phi) is 5.02. The van der Waals surface area contributed by atoms with Crippen molar-refractivity contribution in [2.75, 3.05) is 25.6 Å². The first kappa shape index (κ1) is 19.8. The van der Waals surface area contributed by atoms with E-state index in [2.05, 4.69) is 10.3 Å². The summed E-state index contributed by atoms with van der Waals surface area (Å²) < 4.78 is 5.31. The molecule has 3 aromatic rings. The van der Waals surface area contributed by atoms with E-state index in [0.717, 1.165) is 47.8 Å². The number of ether oxygens (including phenoxy) is 1. The number of rotatable bonds is 5. The third kappa shape index (κ3) is 3.22. The van der Waals surface area contributed by atoms with Crippen LogP contribution in [0, 0.1) is 0 Å². The minimum atomic E-state index is -0.509. The van der Waals surface area contributed by atoms with Gasteiger partial charge in [0.1, 0.15) is 0 Å². The van der Waals surface area contributed by atoms with Crippen molar-refractivity contribution in [3.63, 3.8) is 0 Å². The fraction of sp³-hybridized carbons (Fsp3) is 0.360. The first-order valence-electron chi connectivity index (χ1n) is 10.9. The Labute approximate surface area is 181 Å². The molecule has 1 atom stereocenters. The predicted octanol–water partition coefficient (Wildman–Crippen LogP) is 4.31. The zero-order chi connectivity index (χ0) is 21.4. The maximum Gasteiger partial charge on any atom is 0.254 e. The highest BCUT2D eigenvalue weighted by Gasteiger charge is 2.55. The number of methoxy groups -OCH3 is 1. The molecule has 1 aliphatic heterocycles. The van der Waals surface area contributed by atoms with Crippen molar-refractivity contribution in [3.05, 3.63) is 65.9 Å². The van der Waals surface area contributed by atoms with Crippen LogP contribution >= 0.6 is 0 Å².